The first kappa shape index (κ1) is 16.3. The number of nitrogens with one attached hydrogen (secondary N) is 1. The van der Waals surface area contributed by atoms with E-state index in [1.54, 1.807) is 0 Å². The molecule has 1 saturated heterocycles. The van der Waals surface area contributed by atoms with Crippen molar-refractivity contribution in [1.29, 1.82) is 0 Å². The number of carbonyl (C=O) groups excluding carboxylic acids is 1. The minimum Gasteiger partial charge on any atom is -0.335 e. The number of amides is 2. The van der Waals surface area contributed by atoms with Gasteiger partial charge in [0, 0.05) is 31.7 Å². The summed E-state index contributed by atoms with van der Waals surface area (Å²) < 4.78 is 2.24. The lowest BCUT2D eigenvalue weighted by atomic mass is 9.75. The van der Waals surface area contributed by atoms with Crippen molar-refractivity contribution in [1.82, 2.24) is 19.8 Å². The van der Waals surface area contributed by atoms with Crippen LogP contribution in [0.15, 0.2) is 6.20 Å². The molecule has 2 atom stereocenters. The maximum absolute atomic E-state index is 12.5. The van der Waals surface area contributed by atoms with Crippen molar-refractivity contribution in [2.45, 2.75) is 66.1 Å². The van der Waals surface area contributed by atoms with Crippen LogP contribution >= 0.6 is 0 Å². The zero-order valence-electron chi connectivity index (χ0n) is 14.9. The topological polar surface area (TPSA) is 50.2 Å². The third kappa shape index (κ3) is 3.24. The molecule has 1 aromatic heterocycles. The Kier molecular flexibility index (Phi) is 4.64. The molecule has 0 aliphatic carbocycles. The van der Waals surface area contributed by atoms with E-state index in [-0.39, 0.29) is 6.03 Å². The first-order chi connectivity index (χ1) is 11.0. The maximum Gasteiger partial charge on any atom is 0.317 e. The second-order valence-electron chi connectivity index (χ2n) is 7.75. The molecule has 2 amide bonds. The highest BCUT2D eigenvalue weighted by Gasteiger charge is 2.44. The van der Waals surface area contributed by atoms with E-state index in [1.165, 1.54) is 18.7 Å². The standard InChI is InChI=1S/C18H30N4O/c1-12(2)15-11-22(17(15)13(3)4)18(23)19-9-14-10-21-8-6-5-7-16(21)20-14/h10,12-13,15,17H,5-9,11H2,1-4H3,(H,19,23). The number of aryl methyl sites for hydroxylation is 2. The molecule has 3 heterocycles. The fourth-order valence-corrected chi connectivity index (χ4v) is 4.05. The first-order valence-corrected chi connectivity index (χ1v) is 9.06. The van der Waals surface area contributed by atoms with Crippen LogP contribution in [-0.4, -0.2) is 33.1 Å². The highest BCUT2D eigenvalue weighted by molar-refractivity contribution is 5.75. The summed E-state index contributed by atoms with van der Waals surface area (Å²) in [6.07, 6.45) is 5.62. The summed E-state index contributed by atoms with van der Waals surface area (Å²) >= 11 is 0. The van der Waals surface area contributed by atoms with E-state index in [0.29, 0.717) is 30.3 Å². The van der Waals surface area contributed by atoms with Gasteiger partial charge in [-0.3, -0.25) is 0 Å². The minimum atomic E-state index is 0.0616. The average Bonchev–Trinajstić information content (AvgIpc) is 2.85. The molecule has 1 aromatic rings. The lowest BCUT2D eigenvalue weighted by Crippen LogP contribution is -2.64. The van der Waals surface area contributed by atoms with Crippen molar-refractivity contribution in [3.63, 3.8) is 0 Å². The number of hydrogen-bond donors (Lipinski definition) is 1. The number of rotatable bonds is 4. The molecule has 1 fully saturated rings. The number of fused-ring (bicyclic) bond motifs is 1. The van der Waals surface area contributed by atoms with Crippen molar-refractivity contribution in [3.8, 4) is 0 Å². The fraction of sp³-hybridized carbons (Fsp3) is 0.778. The fourth-order valence-electron chi connectivity index (χ4n) is 4.05. The van der Waals surface area contributed by atoms with Gasteiger partial charge in [-0.15, -0.1) is 0 Å². The summed E-state index contributed by atoms with van der Waals surface area (Å²) in [5, 5.41) is 3.07. The number of urea groups is 1. The van der Waals surface area contributed by atoms with Crippen LogP contribution in [0.5, 0.6) is 0 Å². The number of hydrogen-bond acceptors (Lipinski definition) is 2. The predicted molar refractivity (Wildman–Crippen MR) is 91.1 cm³/mol. The summed E-state index contributed by atoms with van der Waals surface area (Å²) in [5.74, 6) is 2.93. The number of aromatic nitrogens is 2. The second kappa shape index (κ2) is 6.54. The van der Waals surface area contributed by atoms with Gasteiger partial charge in [-0.1, -0.05) is 27.7 Å². The van der Waals surface area contributed by atoms with Gasteiger partial charge in [0.25, 0.3) is 0 Å². The normalized spacial score (nSPS) is 23.8. The summed E-state index contributed by atoms with van der Waals surface area (Å²) in [7, 11) is 0. The van der Waals surface area contributed by atoms with Crippen LogP contribution < -0.4 is 5.32 Å². The molecule has 0 bridgehead atoms. The number of nitrogens with zero attached hydrogens (tertiary/aromatic N) is 3. The Hall–Kier alpha value is -1.52. The van der Waals surface area contributed by atoms with E-state index in [0.717, 1.165) is 25.2 Å². The van der Waals surface area contributed by atoms with Crippen LogP contribution in [0.1, 0.15) is 52.1 Å². The van der Waals surface area contributed by atoms with E-state index in [9.17, 15) is 4.79 Å². The number of likely N-dealkylation sites (tertiary alicyclic amines) is 1. The Morgan fingerprint density at radius 2 is 2.09 bits per heavy atom. The summed E-state index contributed by atoms with van der Waals surface area (Å²) in [4.78, 5) is 19.2. The Bertz CT molecular complexity index is 540. The third-order valence-electron chi connectivity index (χ3n) is 5.39. The largest absolute Gasteiger partial charge is 0.335 e. The molecule has 23 heavy (non-hydrogen) atoms. The van der Waals surface area contributed by atoms with E-state index in [1.807, 2.05) is 4.90 Å². The molecular weight excluding hydrogens is 288 g/mol. The van der Waals surface area contributed by atoms with E-state index in [2.05, 4.69) is 48.8 Å². The minimum absolute atomic E-state index is 0.0616. The number of imidazole rings is 1. The molecule has 0 radical (unpaired) electrons. The molecule has 2 aliphatic rings. The molecule has 2 unspecified atom stereocenters. The van der Waals surface area contributed by atoms with Crippen molar-refractivity contribution < 1.29 is 4.79 Å². The van der Waals surface area contributed by atoms with Crippen molar-refractivity contribution in [3.05, 3.63) is 17.7 Å². The SMILES string of the molecule is CC(C)C1CN(C(=O)NCc2cn3c(n2)CCCC3)C1C(C)C. The zero-order valence-corrected chi connectivity index (χ0v) is 14.9. The molecule has 0 spiro atoms. The predicted octanol–water partition coefficient (Wildman–Crippen LogP) is 3.04. The summed E-state index contributed by atoms with van der Waals surface area (Å²) in [6.45, 7) is 11.4. The van der Waals surface area contributed by atoms with Crippen LogP contribution in [0.4, 0.5) is 4.79 Å². The quantitative estimate of drug-likeness (QED) is 0.927. The van der Waals surface area contributed by atoms with Crippen molar-refractivity contribution in [2.75, 3.05) is 6.54 Å². The molecule has 128 valence electrons. The van der Waals surface area contributed by atoms with Gasteiger partial charge in [-0.05, 0) is 30.6 Å². The lowest BCUT2D eigenvalue weighted by Gasteiger charge is -2.52. The van der Waals surface area contributed by atoms with Gasteiger partial charge in [0.2, 0.25) is 0 Å². The highest BCUT2D eigenvalue weighted by atomic mass is 16.2. The highest BCUT2D eigenvalue weighted by Crippen LogP contribution is 2.35. The van der Waals surface area contributed by atoms with Gasteiger partial charge in [-0.25, -0.2) is 9.78 Å². The smallest absolute Gasteiger partial charge is 0.317 e. The molecule has 5 nitrogen and oxygen atoms in total. The Morgan fingerprint density at radius 3 is 2.74 bits per heavy atom. The average molecular weight is 318 g/mol. The van der Waals surface area contributed by atoms with Gasteiger partial charge < -0.3 is 14.8 Å². The second-order valence-corrected chi connectivity index (χ2v) is 7.75. The van der Waals surface area contributed by atoms with Gasteiger partial charge in [0.1, 0.15) is 5.82 Å². The third-order valence-corrected chi connectivity index (χ3v) is 5.39. The van der Waals surface area contributed by atoms with E-state index in [4.69, 9.17) is 0 Å². The monoisotopic (exact) mass is 318 g/mol. The summed E-state index contributed by atoms with van der Waals surface area (Å²) in [6, 6.07) is 0.428. The lowest BCUT2D eigenvalue weighted by molar-refractivity contribution is -0.00408. The Morgan fingerprint density at radius 1 is 1.30 bits per heavy atom. The van der Waals surface area contributed by atoms with Gasteiger partial charge in [-0.2, -0.15) is 0 Å². The van der Waals surface area contributed by atoms with Crippen LogP contribution in [0.3, 0.4) is 0 Å². The van der Waals surface area contributed by atoms with Crippen LogP contribution in [0, 0.1) is 17.8 Å². The Balaban J connectivity index is 1.56. The molecule has 0 saturated carbocycles. The molecule has 3 rings (SSSR count). The molecule has 5 heteroatoms. The molecular formula is C18H30N4O. The van der Waals surface area contributed by atoms with Crippen molar-refractivity contribution in [2.24, 2.45) is 17.8 Å². The van der Waals surface area contributed by atoms with Crippen LogP contribution in [0.25, 0.3) is 0 Å². The van der Waals surface area contributed by atoms with E-state index >= 15 is 0 Å². The Labute approximate surface area is 139 Å². The molecule has 0 aromatic carbocycles. The van der Waals surface area contributed by atoms with Gasteiger partial charge >= 0.3 is 6.03 Å². The number of carbonyl (C=O) groups is 1. The van der Waals surface area contributed by atoms with Gasteiger partial charge in [0.05, 0.1) is 12.2 Å². The van der Waals surface area contributed by atoms with Crippen molar-refractivity contribution >= 4 is 6.03 Å². The van der Waals surface area contributed by atoms with Crippen LogP contribution in [-0.2, 0) is 19.5 Å². The van der Waals surface area contributed by atoms with Gasteiger partial charge in [0.15, 0.2) is 0 Å². The van der Waals surface area contributed by atoms with Crippen LogP contribution in [0.2, 0.25) is 0 Å². The molecule has 1 N–H and O–H groups in total. The molecule has 2 aliphatic heterocycles. The summed E-state index contributed by atoms with van der Waals surface area (Å²) in [5.41, 5.74) is 0.984. The first-order valence-electron chi connectivity index (χ1n) is 9.06. The maximum atomic E-state index is 12.5. The van der Waals surface area contributed by atoms with E-state index < -0.39 is 0 Å². The zero-order chi connectivity index (χ0) is 16.6.